The Hall–Kier alpha value is 3.42. The Morgan fingerprint density at radius 1 is 0.500 bits per heavy atom. The zero-order valence-corrected chi connectivity index (χ0v) is 13.6. The molecule has 0 fully saturated rings. The van der Waals surface area contributed by atoms with Gasteiger partial charge in [0.25, 0.3) is 0 Å². The Morgan fingerprint density at radius 3 is 0.500 bits per heavy atom. The topological polar surface area (TPSA) is 0 Å². The minimum atomic E-state index is -3.67. The molecule has 0 unspecified atom stereocenters. The summed E-state index contributed by atoms with van der Waals surface area (Å²) in [4.78, 5) is 0. The molecule has 0 nitrogen and oxygen atoms in total. The number of halogens is 11. The molecule has 0 heterocycles. The molecule has 0 aromatic carbocycles. The Kier molecular flexibility index (Phi) is 771. The predicted molar refractivity (Wildman–Crippen MR) is 77.0 cm³/mol. The molecule has 0 radical (unpaired) electrons. The molecular weight excluding hydrogens is 426 g/mol. The quantitative estimate of drug-likeness (QED) is 0.511. The second-order valence-corrected chi connectivity index (χ2v) is 0.247. The van der Waals surface area contributed by atoms with E-state index in [0.29, 0.717) is 0 Å². The second kappa shape index (κ2) is 94.7. The van der Waals surface area contributed by atoms with E-state index in [0.717, 1.165) is 0 Å². The van der Waals surface area contributed by atoms with Gasteiger partial charge in [-0.25, -0.2) is 0 Å². The van der Waals surface area contributed by atoms with Crippen molar-refractivity contribution in [3.05, 3.63) is 0 Å². The van der Waals surface area contributed by atoms with E-state index < -0.39 is 7.54 Å². The molecule has 0 aliphatic rings. The van der Waals surface area contributed by atoms with Crippen LogP contribution in [0.3, 0.4) is 0 Å². The molecule has 0 rings (SSSR count). The maximum atomic E-state index is 9.67. The van der Waals surface area contributed by atoms with E-state index in [1.54, 1.807) is 0 Å². The van der Waals surface area contributed by atoms with Crippen molar-refractivity contribution in [2.45, 2.75) is 0 Å². The van der Waals surface area contributed by atoms with Crippen LogP contribution in [0.15, 0.2) is 0 Å². The summed E-state index contributed by atoms with van der Waals surface area (Å²) >= 11 is 0. The Morgan fingerprint density at radius 2 is 0.500 bits per heavy atom. The van der Waals surface area contributed by atoms with Gasteiger partial charge in [0.15, 0.2) is 17.4 Å². The summed E-state index contributed by atoms with van der Waals surface area (Å²) in [6.45, 7) is 0. The summed E-state index contributed by atoms with van der Waals surface area (Å²) in [7, 11) is -3.67. The van der Waals surface area contributed by atoms with Crippen LogP contribution in [0.2, 0.25) is 0 Å². The minimum Gasteiger partial charge on any atom is -0.254 e. The first-order valence-corrected chi connectivity index (χ1v) is 0.655. The molecular formula is H11AlBCl8F3Ti. The smallest absolute Gasteiger partial charge is 0.254 e. The first-order chi connectivity index (χ1) is 1.73. The van der Waals surface area contributed by atoms with Gasteiger partial charge in [-0.1, -0.05) is 0 Å². The van der Waals surface area contributed by atoms with E-state index in [-0.39, 0.29) is 138 Å². The van der Waals surface area contributed by atoms with E-state index in [1.807, 2.05) is 0 Å². The third kappa shape index (κ3) is 274. The van der Waals surface area contributed by atoms with Gasteiger partial charge in [0.1, 0.15) is 0 Å². The summed E-state index contributed by atoms with van der Waals surface area (Å²) in [5.41, 5.74) is 0. The number of hydrogen-bond acceptors (Lipinski definition) is 0. The first-order valence-electron chi connectivity index (χ1n) is 0.655. The molecule has 0 aromatic heterocycles. The molecule has 0 bridgehead atoms. The van der Waals surface area contributed by atoms with Crippen molar-refractivity contribution < 1.29 is 34.7 Å². The number of hydrogen-bond donors (Lipinski definition) is 0. The van der Waals surface area contributed by atoms with Crippen LogP contribution in [-0.4, -0.2) is 24.9 Å². The van der Waals surface area contributed by atoms with Crippen LogP contribution in [0, 0.1) is 0 Å². The fourth-order valence-electron chi connectivity index (χ4n) is 0. The average molecular weight is 437 g/mol. The maximum Gasteiger partial charge on any atom is 0.762 e. The fourth-order valence-corrected chi connectivity index (χ4v) is 0. The summed E-state index contributed by atoms with van der Waals surface area (Å²) in [5.74, 6) is 0. The second-order valence-electron chi connectivity index (χ2n) is 0.247. The van der Waals surface area contributed by atoms with Gasteiger partial charge in [0.2, 0.25) is 0 Å². The maximum absolute atomic E-state index is 9.67. The molecule has 0 saturated carbocycles. The molecule has 0 amide bonds. The SMILES string of the molecule is Cl.Cl.Cl.Cl.Cl.Cl.Cl.Cl.FB(F)F.[AlH3].[Ti]. The van der Waals surface area contributed by atoms with Gasteiger partial charge >= 0.3 is 7.54 Å². The molecule has 14 heavy (non-hydrogen) atoms. The van der Waals surface area contributed by atoms with Crippen LogP contribution < -0.4 is 0 Å². The van der Waals surface area contributed by atoms with Crippen molar-refractivity contribution in [1.82, 2.24) is 0 Å². The zero-order valence-electron chi connectivity index (χ0n) is 5.48. The molecule has 0 spiro atoms. The van der Waals surface area contributed by atoms with E-state index in [9.17, 15) is 12.9 Å². The van der Waals surface area contributed by atoms with Crippen LogP contribution in [0.25, 0.3) is 0 Å². The van der Waals surface area contributed by atoms with Gasteiger partial charge in [-0.2, -0.15) is 0 Å². The normalized spacial score (nSPS) is 1.93. The minimum absolute atomic E-state index is 0. The van der Waals surface area contributed by atoms with Gasteiger partial charge in [-0.15, -0.1) is 99.3 Å². The first kappa shape index (κ1) is 114. The Balaban J connectivity index is -0.000000001000. The van der Waals surface area contributed by atoms with Crippen molar-refractivity contribution in [3.8, 4) is 0 Å². The van der Waals surface area contributed by atoms with Crippen molar-refractivity contribution in [2.24, 2.45) is 0 Å². The molecule has 0 aliphatic carbocycles. The van der Waals surface area contributed by atoms with Gasteiger partial charge < -0.3 is 0 Å². The largest absolute Gasteiger partial charge is 0.762 e. The number of rotatable bonds is 0. The Labute approximate surface area is 157 Å². The molecule has 0 aromatic rings. The Bertz CT molecular complexity index is 29.3. The monoisotopic (exact) mass is 434 g/mol. The third-order valence-electron chi connectivity index (χ3n) is 0. The predicted octanol–water partition coefficient (Wildman–Crippen LogP) is 3.07. The van der Waals surface area contributed by atoms with Crippen LogP contribution in [-0.2, 0) is 21.7 Å². The zero-order chi connectivity index (χ0) is 3.58. The van der Waals surface area contributed by atoms with Crippen molar-refractivity contribution in [2.75, 3.05) is 0 Å². The van der Waals surface area contributed by atoms with Gasteiger partial charge in [-0.3, -0.25) is 12.9 Å². The van der Waals surface area contributed by atoms with Crippen molar-refractivity contribution in [3.63, 3.8) is 0 Å². The van der Waals surface area contributed by atoms with Gasteiger partial charge in [0, 0.05) is 21.7 Å². The van der Waals surface area contributed by atoms with Gasteiger partial charge in [-0.05, 0) is 0 Å². The van der Waals surface area contributed by atoms with Crippen molar-refractivity contribution in [1.29, 1.82) is 0 Å². The summed E-state index contributed by atoms with van der Waals surface area (Å²) in [5, 5.41) is 0. The molecule has 0 saturated heterocycles. The van der Waals surface area contributed by atoms with Crippen LogP contribution in [0.4, 0.5) is 12.9 Å². The van der Waals surface area contributed by atoms with Gasteiger partial charge in [0.05, 0.1) is 0 Å². The molecule has 0 aliphatic heterocycles. The molecule has 0 atom stereocenters. The average Bonchev–Trinajstić information content (AvgIpc) is 0.811. The van der Waals surface area contributed by atoms with E-state index in [2.05, 4.69) is 0 Å². The third-order valence-corrected chi connectivity index (χ3v) is 0. The van der Waals surface area contributed by atoms with Crippen LogP contribution in [0.5, 0.6) is 0 Å². The van der Waals surface area contributed by atoms with Crippen LogP contribution >= 0.6 is 99.3 Å². The molecule has 0 N–H and O–H groups in total. The van der Waals surface area contributed by atoms with E-state index in [4.69, 9.17) is 0 Å². The summed E-state index contributed by atoms with van der Waals surface area (Å²) in [6.07, 6.45) is 0. The van der Waals surface area contributed by atoms with E-state index in [1.165, 1.54) is 0 Å². The fraction of sp³-hybridized carbons (Fsp3) is 0. The molecule has 14 heteroatoms. The summed E-state index contributed by atoms with van der Waals surface area (Å²) < 4.78 is 29.0. The van der Waals surface area contributed by atoms with E-state index >= 15 is 0 Å². The molecule has 98 valence electrons. The van der Waals surface area contributed by atoms with Crippen molar-refractivity contribution >= 4 is 124 Å². The van der Waals surface area contributed by atoms with Crippen LogP contribution in [0.1, 0.15) is 0 Å². The summed E-state index contributed by atoms with van der Waals surface area (Å²) in [6, 6.07) is 0. The standard InChI is InChI=1S/Al.BF3.8ClH.Ti.3H/c;2-1(3)4;;;;;;;;;;;;/h;;8*1H;;;;.